The van der Waals surface area contributed by atoms with Crippen LogP contribution in [0, 0.1) is 0 Å². The number of anilines is 1. The summed E-state index contributed by atoms with van der Waals surface area (Å²) in [7, 11) is 3.89. The molecule has 1 heterocycles. The van der Waals surface area contributed by atoms with Gasteiger partial charge in [0.2, 0.25) is 0 Å². The molecule has 0 amide bonds. The van der Waals surface area contributed by atoms with Gasteiger partial charge in [0.1, 0.15) is 5.69 Å². The van der Waals surface area contributed by atoms with Crippen LogP contribution in [0.1, 0.15) is 0 Å². The van der Waals surface area contributed by atoms with Gasteiger partial charge in [-0.25, -0.2) is 4.98 Å². The molecule has 0 radical (unpaired) electrons. The third-order valence-corrected chi connectivity index (χ3v) is 3.49. The van der Waals surface area contributed by atoms with Gasteiger partial charge in [0.05, 0.1) is 0 Å². The van der Waals surface area contributed by atoms with Crippen LogP contribution in [0.3, 0.4) is 0 Å². The Kier molecular flexibility index (Phi) is 4.02. The fourth-order valence-corrected chi connectivity index (χ4v) is 2.26. The molecule has 0 aliphatic heterocycles. The van der Waals surface area contributed by atoms with Gasteiger partial charge < -0.3 is 4.90 Å². The fourth-order valence-electron chi connectivity index (χ4n) is 2.13. The molecule has 22 heavy (non-hydrogen) atoms. The molecule has 0 unspecified atom stereocenters. The molecule has 5 heteroatoms. The van der Waals surface area contributed by atoms with Gasteiger partial charge in [-0.05, 0) is 12.1 Å². The van der Waals surface area contributed by atoms with Crippen LogP contribution in [0.2, 0.25) is 5.02 Å². The van der Waals surface area contributed by atoms with Crippen LogP contribution in [0.4, 0.5) is 5.82 Å². The number of halogens is 1. The predicted octanol–water partition coefficient (Wildman–Crippen LogP) is 3.93. The molecule has 1 aromatic heterocycles. The second kappa shape index (κ2) is 6.12. The van der Waals surface area contributed by atoms with Crippen molar-refractivity contribution < 1.29 is 0 Å². The smallest absolute Gasteiger partial charge is 0.183 e. The van der Waals surface area contributed by atoms with Crippen molar-refractivity contribution in [3.05, 3.63) is 59.6 Å². The monoisotopic (exact) mass is 310 g/mol. The molecule has 0 aliphatic rings. The highest BCUT2D eigenvalue weighted by Gasteiger charge is 2.14. The maximum atomic E-state index is 5.94. The van der Waals surface area contributed by atoms with E-state index in [0.717, 1.165) is 22.6 Å². The van der Waals surface area contributed by atoms with E-state index in [-0.39, 0.29) is 0 Å². The first kappa shape index (κ1) is 14.5. The summed E-state index contributed by atoms with van der Waals surface area (Å²) >= 11 is 5.94. The van der Waals surface area contributed by atoms with E-state index in [9.17, 15) is 0 Å². The Hall–Kier alpha value is -2.46. The second-order valence-electron chi connectivity index (χ2n) is 5.07. The van der Waals surface area contributed by atoms with Crippen molar-refractivity contribution in [2.24, 2.45) is 0 Å². The lowest BCUT2D eigenvalue weighted by atomic mass is 10.1. The lowest BCUT2D eigenvalue weighted by Gasteiger charge is -2.16. The summed E-state index contributed by atoms with van der Waals surface area (Å²) in [4.78, 5) is 6.60. The highest BCUT2D eigenvalue weighted by molar-refractivity contribution is 6.30. The summed E-state index contributed by atoms with van der Waals surface area (Å²) in [5.74, 6) is 1.39. The Bertz CT molecular complexity index is 770. The van der Waals surface area contributed by atoms with E-state index in [1.807, 2.05) is 73.6 Å². The van der Waals surface area contributed by atoms with Gasteiger partial charge in [0.25, 0.3) is 0 Å². The minimum Gasteiger partial charge on any atom is -0.361 e. The van der Waals surface area contributed by atoms with Crippen molar-refractivity contribution in [1.29, 1.82) is 0 Å². The van der Waals surface area contributed by atoms with Gasteiger partial charge in [-0.3, -0.25) is 0 Å². The van der Waals surface area contributed by atoms with Crippen LogP contribution in [-0.2, 0) is 0 Å². The minimum absolute atomic E-state index is 0.613. The maximum Gasteiger partial charge on any atom is 0.183 e. The summed E-state index contributed by atoms with van der Waals surface area (Å²) in [5.41, 5.74) is 2.62. The fraction of sp³-hybridized carbons (Fsp3) is 0.118. The number of hydrogen-bond acceptors (Lipinski definition) is 4. The van der Waals surface area contributed by atoms with Crippen molar-refractivity contribution in [3.63, 3.8) is 0 Å². The SMILES string of the molecule is CN(C)c1nc(-c2ccccc2)nnc1-c1ccc(Cl)cc1. The van der Waals surface area contributed by atoms with E-state index < -0.39 is 0 Å². The topological polar surface area (TPSA) is 41.9 Å². The van der Waals surface area contributed by atoms with E-state index in [1.54, 1.807) is 0 Å². The predicted molar refractivity (Wildman–Crippen MR) is 90.0 cm³/mol. The molecule has 0 fully saturated rings. The first-order valence-electron chi connectivity index (χ1n) is 6.88. The van der Waals surface area contributed by atoms with Gasteiger partial charge in [-0.1, -0.05) is 54.1 Å². The maximum absolute atomic E-state index is 5.94. The number of benzene rings is 2. The summed E-state index contributed by atoms with van der Waals surface area (Å²) in [6.45, 7) is 0. The Morgan fingerprint density at radius 3 is 2.14 bits per heavy atom. The molecule has 0 aliphatic carbocycles. The third kappa shape index (κ3) is 2.92. The number of rotatable bonds is 3. The zero-order valence-electron chi connectivity index (χ0n) is 12.4. The van der Waals surface area contributed by atoms with Crippen LogP contribution in [0.5, 0.6) is 0 Å². The van der Waals surface area contributed by atoms with E-state index in [2.05, 4.69) is 15.2 Å². The average Bonchev–Trinajstić information content (AvgIpc) is 2.56. The number of aromatic nitrogens is 3. The first-order chi connectivity index (χ1) is 10.6. The van der Waals surface area contributed by atoms with E-state index in [4.69, 9.17) is 11.6 Å². The molecule has 0 atom stereocenters. The first-order valence-corrected chi connectivity index (χ1v) is 7.26. The van der Waals surface area contributed by atoms with Crippen LogP contribution >= 0.6 is 11.6 Å². The molecule has 3 aromatic rings. The molecule has 110 valence electrons. The molecule has 0 N–H and O–H groups in total. The molecule has 0 spiro atoms. The van der Waals surface area contributed by atoms with Gasteiger partial charge in [-0.15, -0.1) is 10.2 Å². The van der Waals surface area contributed by atoms with Gasteiger partial charge in [0.15, 0.2) is 11.6 Å². The number of hydrogen-bond donors (Lipinski definition) is 0. The van der Waals surface area contributed by atoms with E-state index in [0.29, 0.717) is 10.8 Å². The van der Waals surface area contributed by atoms with Crippen molar-refractivity contribution in [2.45, 2.75) is 0 Å². The van der Waals surface area contributed by atoms with E-state index in [1.165, 1.54) is 0 Å². The molecule has 0 saturated carbocycles. The normalized spacial score (nSPS) is 10.5. The van der Waals surface area contributed by atoms with Crippen molar-refractivity contribution >= 4 is 17.4 Å². The molecule has 4 nitrogen and oxygen atoms in total. The zero-order chi connectivity index (χ0) is 15.5. The lowest BCUT2D eigenvalue weighted by Crippen LogP contribution is -2.14. The Morgan fingerprint density at radius 2 is 1.50 bits per heavy atom. The number of nitrogens with zero attached hydrogens (tertiary/aromatic N) is 4. The van der Waals surface area contributed by atoms with Gasteiger partial charge in [-0.2, -0.15) is 0 Å². The molecular formula is C17H15ClN4. The van der Waals surface area contributed by atoms with Crippen LogP contribution in [-0.4, -0.2) is 29.3 Å². The van der Waals surface area contributed by atoms with Crippen molar-refractivity contribution in [1.82, 2.24) is 15.2 Å². The molecule has 3 rings (SSSR count). The molecule has 2 aromatic carbocycles. The summed E-state index contributed by atoms with van der Waals surface area (Å²) in [5, 5.41) is 9.34. The van der Waals surface area contributed by atoms with Crippen LogP contribution in [0.25, 0.3) is 22.6 Å². The Morgan fingerprint density at radius 1 is 0.818 bits per heavy atom. The zero-order valence-corrected chi connectivity index (χ0v) is 13.1. The quantitative estimate of drug-likeness (QED) is 0.735. The average molecular weight is 311 g/mol. The molecular weight excluding hydrogens is 296 g/mol. The summed E-state index contributed by atoms with van der Waals surface area (Å²) < 4.78 is 0. The second-order valence-corrected chi connectivity index (χ2v) is 5.51. The van der Waals surface area contributed by atoms with Crippen LogP contribution < -0.4 is 4.90 Å². The van der Waals surface area contributed by atoms with Gasteiger partial charge in [0, 0.05) is 30.2 Å². The van der Waals surface area contributed by atoms with E-state index >= 15 is 0 Å². The largest absolute Gasteiger partial charge is 0.361 e. The Labute approximate surface area is 134 Å². The van der Waals surface area contributed by atoms with Gasteiger partial charge >= 0.3 is 0 Å². The third-order valence-electron chi connectivity index (χ3n) is 3.24. The molecule has 0 saturated heterocycles. The Balaban J connectivity index is 2.10. The minimum atomic E-state index is 0.613. The van der Waals surface area contributed by atoms with Crippen molar-refractivity contribution in [3.8, 4) is 22.6 Å². The summed E-state index contributed by atoms with van der Waals surface area (Å²) in [6.07, 6.45) is 0. The lowest BCUT2D eigenvalue weighted by molar-refractivity contribution is 0.951. The standard InChI is InChI=1S/C17H15ClN4/c1-22(2)17-15(12-8-10-14(18)11-9-12)20-21-16(19-17)13-6-4-3-5-7-13/h3-11H,1-2H3. The van der Waals surface area contributed by atoms with Crippen molar-refractivity contribution in [2.75, 3.05) is 19.0 Å². The summed E-state index contributed by atoms with van der Waals surface area (Å²) in [6, 6.07) is 17.3. The van der Waals surface area contributed by atoms with Crippen LogP contribution in [0.15, 0.2) is 54.6 Å². The highest BCUT2D eigenvalue weighted by atomic mass is 35.5. The molecule has 0 bridgehead atoms. The highest BCUT2D eigenvalue weighted by Crippen LogP contribution is 2.28.